The molecule has 2 aliphatic heterocycles. The van der Waals surface area contributed by atoms with Crippen LogP contribution in [0.25, 0.3) is 0 Å². The molecular formula is C18H25N7. The predicted molar refractivity (Wildman–Crippen MR) is 94.5 cm³/mol. The number of hydrogen-bond donors (Lipinski definition) is 0. The zero-order valence-electron chi connectivity index (χ0n) is 14.9. The highest BCUT2D eigenvalue weighted by Gasteiger charge is 2.32. The molecule has 0 bridgehead atoms. The first-order chi connectivity index (χ1) is 12.3. The van der Waals surface area contributed by atoms with Crippen LogP contribution in [0.15, 0.2) is 6.07 Å². The third-order valence-electron chi connectivity index (χ3n) is 5.94. The summed E-state index contributed by atoms with van der Waals surface area (Å²) >= 11 is 0. The lowest BCUT2D eigenvalue weighted by molar-refractivity contribution is 0.189. The number of aromatic nitrogens is 5. The van der Waals surface area contributed by atoms with Crippen molar-refractivity contribution in [1.82, 2.24) is 29.9 Å². The molecule has 0 aromatic carbocycles. The second-order valence-electron chi connectivity index (χ2n) is 7.64. The van der Waals surface area contributed by atoms with E-state index in [1.54, 1.807) is 0 Å². The highest BCUT2D eigenvalue weighted by Crippen LogP contribution is 2.27. The average molecular weight is 339 g/mol. The Bertz CT molecular complexity index is 778. The summed E-state index contributed by atoms with van der Waals surface area (Å²) in [6, 6.07) is 2.80. The molecule has 0 unspecified atom stereocenters. The number of fused-ring (bicyclic) bond motifs is 2. The molecule has 1 aliphatic carbocycles. The Kier molecular flexibility index (Phi) is 3.69. The standard InChI is InChI=1S/C18H25N7/c1-23(12-18-22-20-16-7-2-3-8-25(16)18)14-10-24(11-14)17-9-13-5-4-6-15(13)19-21-17/h9,14H,2-8,10-12H2,1H3. The van der Waals surface area contributed by atoms with Crippen molar-refractivity contribution in [2.45, 2.75) is 57.7 Å². The summed E-state index contributed by atoms with van der Waals surface area (Å²) in [7, 11) is 2.20. The molecule has 0 saturated carbocycles. The van der Waals surface area contributed by atoms with Crippen LogP contribution in [-0.2, 0) is 32.4 Å². The zero-order chi connectivity index (χ0) is 16.8. The van der Waals surface area contributed by atoms with Gasteiger partial charge in [-0.1, -0.05) is 0 Å². The Morgan fingerprint density at radius 3 is 2.88 bits per heavy atom. The van der Waals surface area contributed by atoms with Gasteiger partial charge in [0.05, 0.1) is 12.2 Å². The van der Waals surface area contributed by atoms with E-state index in [0.717, 1.165) is 57.1 Å². The fourth-order valence-electron chi connectivity index (χ4n) is 4.23. The van der Waals surface area contributed by atoms with Gasteiger partial charge in [0.2, 0.25) is 0 Å². The largest absolute Gasteiger partial charge is 0.352 e. The number of rotatable bonds is 4. The molecule has 0 amide bonds. The van der Waals surface area contributed by atoms with Crippen LogP contribution in [0.1, 0.15) is 42.2 Å². The molecule has 0 spiro atoms. The first-order valence-electron chi connectivity index (χ1n) is 9.49. The van der Waals surface area contributed by atoms with E-state index < -0.39 is 0 Å². The monoisotopic (exact) mass is 339 g/mol. The van der Waals surface area contributed by atoms with Gasteiger partial charge in [0.25, 0.3) is 0 Å². The predicted octanol–water partition coefficient (Wildman–Crippen LogP) is 1.21. The topological polar surface area (TPSA) is 63.0 Å². The molecule has 0 N–H and O–H groups in total. The van der Waals surface area contributed by atoms with Crippen molar-refractivity contribution in [2.24, 2.45) is 0 Å². The first kappa shape index (κ1) is 15.3. The van der Waals surface area contributed by atoms with Crippen LogP contribution >= 0.6 is 0 Å². The minimum Gasteiger partial charge on any atom is -0.352 e. The Balaban J connectivity index is 1.21. The van der Waals surface area contributed by atoms with E-state index in [0.29, 0.717) is 6.04 Å². The van der Waals surface area contributed by atoms with Crippen LogP contribution < -0.4 is 4.90 Å². The molecule has 0 atom stereocenters. The van der Waals surface area contributed by atoms with Crippen molar-refractivity contribution < 1.29 is 0 Å². The van der Waals surface area contributed by atoms with Gasteiger partial charge in [-0.25, -0.2) is 0 Å². The molecule has 1 saturated heterocycles. The smallest absolute Gasteiger partial charge is 0.151 e. The van der Waals surface area contributed by atoms with Gasteiger partial charge in [-0.2, -0.15) is 5.10 Å². The molecule has 7 nitrogen and oxygen atoms in total. The van der Waals surface area contributed by atoms with Gasteiger partial charge in [-0.3, -0.25) is 4.90 Å². The van der Waals surface area contributed by atoms with E-state index in [2.05, 4.69) is 47.9 Å². The summed E-state index contributed by atoms with van der Waals surface area (Å²) < 4.78 is 2.32. The normalized spacial score (nSPS) is 19.8. The van der Waals surface area contributed by atoms with Crippen molar-refractivity contribution in [1.29, 1.82) is 0 Å². The van der Waals surface area contributed by atoms with E-state index in [4.69, 9.17) is 0 Å². The molecule has 0 radical (unpaired) electrons. The minimum atomic E-state index is 0.548. The van der Waals surface area contributed by atoms with E-state index in [-0.39, 0.29) is 0 Å². The van der Waals surface area contributed by atoms with Gasteiger partial charge in [0.1, 0.15) is 11.6 Å². The maximum absolute atomic E-state index is 4.43. The molecule has 2 aromatic heterocycles. The Morgan fingerprint density at radius 1 is 1.04 bits per heavy atom. The van der Waals surface area contributed by atoms with E-state index in [1.807, 2.05) is 0 Å². The van der Waals surface area contributed by atoms with E-state index >= 15 is 0 Å². The number of hydrogen-bond acceptors (Lipinski definition) is 6. The summed E-state index contributed by atoms with van der Waals surface area (Å²) in [6.07, 6.45) is 7.04. The summed E-state index contributed by atoms with van der Waals surface area (Å²) in [6.45, 7) is 3.99. The summed E-state index contributed by atoms with van der Waals surface area (Å²) in [4.78, 5) is 4.75. The zero-order valence-corrected chi connectivity index (χ0v) is 14.9. The third-order valence-corrected chi connectivity index (χ3v) is 5.94. The first-order valence-corrected chi connectivity index (χ1v) is 9.49. The number of anilines is 1. The van der Waals surface area contributed by atoms with E-state index in [1.165, 1.54) is 36.3 Å². The lowest BCUT2D eigenvalue weighted by Gasteiger charge is -2.44. The van der Waals surface area contributed by atoms with Crippen molar-refractivity contribution in [3.63, 3.8) is 0 Å². The second-order valence-corrected chi connectivity index (χ2v) is 7.64. The lowest BCUT2D eigenvalue weighted by atomic mass is 10.1. The molecule has 7 heteroatoms. The number of likely N-dealkylation sites (N-methyl/N-ethyl adjacent to an activating group) is 1. The lowest BCUT2D eigenvalue weighted by Crippen LogP contribution is -2.58. The molecule has 5 rings (SSSR count). The molecule has 2 aromatic rings. The molecule has 25 heavy (non-hydrogen) atoms. The fourth-order valence-corrected chi connectivity index (χ4v) is 4.23. The van der Waals surface area contributed by atoms with Crippen LogP contribution in [-0.4, -0.2) is 56.0 Å². The van der Waals surface area contributed by atoms with Crippen molar-refractivity contribution in [3.05, 3.63) is 29.0 Å². The highest BCUT2D eigenvalue weighted by molar-refractivity contribution is 5.45. The summed E-state index contributed by atoms with van der Waals surface area (Å²) in [5.74, 6) is 3.33. The fraction of sp³-hybridized carbons (Fsp3) is 0.667. The quantitative estimate of drug-likeness (QED) is 0.834. The van der Waals surface area contributed by atoms with Crippen LogP contribution in [0, 0.1) is 0 Å². The van der Waals surface area contributed by atoms with Crippen LogP contribution in [0.4, 0.5) is 5.82 Å². The van der Waals surface area contributed by atoms with E-state index in [9.17, 15) is 0 Å². The highest BCUT2D eigenvalue weighted by atomic mass is 15.4. The van der Waals surface area contributed by atoms with Gasteiger partial charge < -0.3 is 9.47 Å². The summed E-state index contributed by atoms with van der Waals surface area (Å²) in [5, 5.41) is 17.6. The molecular weight excluding hydrogens is 314 g/mol. The van der Waals surface area contributed by atoms with Crippen molar-refractivity contribution in [2.75, 3.05) is 25.0 Å². The van der Waals surface area contributed by atoms with Crippen LogP contribution in [0.3, 0.4) is 0 Å². The van der Waals surface area contributed by atoms with Crippen LogP contribution in [0.5, 0.6) is 0 Å². The third kappa shape index (κ3) is 2.70. The average Bonchev–Trinajstić information content (AvgIpc) is 3.20. The van der Waals surface area contributed by atoms with Gasteiger partial charge in [-0.05, 0) is 50.8 Å². The van der Waals surface area contributed by atoms with Gasteiger partial charge in [0.15, 0.2) is 5.82 Å². The van der Waals surface area contributed by atoms with Gasteiger partial charge in [0, 0.05) is 32.1 Å². The minimum absolute atomic E-state index is 0.548. The Hall–Kier alpha value is -2.02. The second kappa shape index (κ2) is 6.05. The molecule has 132 valence electrons. The maximum atomic E-state index is 4.43. The summed E-state index contributed by atoms with van der Waals surface area (Å²) in [5.41, 5.74) is 2.60. The van der Waals surface area contributed by atoms with Gasteiger partial charge in [-0.15, -0.1) is 15.3 Å². The molecule has 1 fully saturated rings. The number of nitrogens with zero attached hydrogens (tertiary/aromatic N) is 7. The molecule has 4 heterocycles. The molecule has 3 aliphatic rings. The van der Waals surface area contributed by atoms with Crippen molar-refractivity contribution >= 4 is 5.82 Å². The van der Waals surface area contributed by atoms with Crippen LogP contribution in [0.2, 0.25) is 0 Å². The number of aryl methyl sites for hydroxylation is 3. The SMILES string of the molecule is CN(Cc1nnc2n1CCCC2)C1CN(c2cc3c(nn2)CCC3)C1. The Morgan fingerprint density at radius 2 is 1.96 bits per heavy atom. The Labute approximate surface area is 148 Å². The van der Waals surface area contributed by atoms with Gasteiger partial charge >= 0.3 is 0 Å². The van der Waals surface area contributed by atoms with Crippen molar-refractivity contribution in [3.8, 4) is 0 Å². The maximum Gasteiger partial charge on any atom is 0.151 e.